The van der Waals surface area contributed by atoms with Gasteiger partial charge in [0.05, 0.1) is 0 Å². The van der Waals surface area contributed by atoms with Crippen molar-refractivity contribution in [3.8, 4) is 55.6 Å². The van der Waals surface area contributed by atoms with Crippen molar-refractivity contribution in [1.29, 1.82) is 0 Å². The first-order valence-electron chi connectivity index (χ1n) is 20.8. The molecule has 12 aromatic rings. The van der Waals surface area contributed by atoms with E-state index in [2.05, 4.69) is 208 Å². The number of fused-ring (bicyclic) bond motifs is 3. The zero-order chi connectivity index (χ0) is 39.0. The van der Waals surface area contributed by atoms with E-state index >= 15 is 0 Å². The summed E-state index contributed by atoms with van der Waals surface area (Å²) < 4.78 is 0. The summed E-state index contributed by atoms with van der Waals surface area (Å²) in [5.41, 5.74) is 15.4. The third-order valence-corrected chi connectivity index (χ3v) is 13.8. The van der Waals surface area contributed by atoms with Crippen molar-refractivity contribution in [2.75, 3.05) is 0 Å². The van der Waals surface area contributed by atoms with E-state index in [-0.39, 0.29) is 5.41 Å². The van der Waals surface area contributed by atoms with Crippen molar-refractivity contribution < 1.29 is 0 Å². The Morgan fingerprint density at radius 3 is 0.966 bits per heavy atom. The standard InChI is InChI=1S/C59H38/c1-59(2)53-33-45(35-9-13-37(14-10-35)47-27-21-43-19-17-39-5-3-7-41-23-31-51(47)57(43)55(39)41)25-29-49(53)50-30-26-46(34-54(50)59)36-11-15-38(16-12-36)48-28-22-44-20-18-40-6-4-8-42-24-32-52(48)58(44)56(40)42/h3-34H,1-2H3. The van der Waals surface area contributed by atoms with E-state index in [1.54, 1.807) is 0 Å². The quantitative estimate of drug-likeness (QED) is 0.157. The van der Waals surface area contributed by atoms with Gasteiger partial charge in [0.1, 0.15) is 0 Å². The number of benzene rings is 12. The van der Waals surface area contributed by atoms with Crippen LogP contribution in [0.25, 0.3) is 120 Å². The van der Waals surface area contributed by atoms with E-state index in [9.17, 15) is 0 Å². The average molecular weight is 747 g/mol. The summed E-state index contributed by atoms with van der Waals surface area (Å²) in [7, 11) is 0. The molecule has 0 nitrogen and oxygen atoms in total. The van der Waals surface area contributed by atoms with Crippen molar-refractivity contribution in [2.24, 2.45) is 0 Å². The third kappa shape index (κ3) is 4.66. The summed E-state index contributed by atoms with van der Waals surface area (Å²) in [6.45, 7) is 4.78. The molecule has 12 aromatic carbocycles. The molecule has 0 fully saturated rings. The minimum absolute atomic E-state index is 0.125. The van der Waals surface area contributed by atoms with Gasteiger partial charge in [-0.25, -0.2) is 0 Å². The van der Waals surface area contributed by atoms with Gasteiger partial charge in [-0.2, -0.15) is 0 Å². The highest BCUT2D eigenvalue weighted by atomic mass is 14.4. The van der Waals surface area contributed by atoms with Gasteiger partial charge >= 0.3 is 0 Å². The van der Waals surface area contributed by atoms with Crippen molar-refractivity contribution in [3.63, 3.8) is 0 Å². The highest BCUT2D eigenvalue weighted by molar-refractivity contribution is 6.26. The van der Waals surface area contributed by atoms with Gasteiger partial charge in [-0.05, 0) is 144 Å². The molecule has 13 rings (SSSR count). The molecule has 0 saturated heterocycles. The first kappa shape index (κ1) is 32.8. The second kappa shape index (κ2) is 11.9. The van der Waals surface area contributed by atoms with Crippen LogP contribution in [0.2, 0.25) is 0 Å². The maximum atomic E-state index is 2.44. The highest BCUT2D eigenvalue weighted by Gasteiger charge is 2.36. The summed E-state index contributed by atoms with van der Waals surface area (Å²) in [6.07, 6.45) is 0. The van der Waals surface area contributed by atoms with Crippen LogP contribution in [0.1, 0.15) is 25.0 Å². The molecule has 0 heteroatoms. The fourth-order valence-corrected chi connectivity index (χ4v) is 10.8. The zero-order valence-corrected chi connectivity index (χ0v) is 33.0. The van der Waals surface area contributed by atoms with Gasteiger partial charge in [-0.15, -0.1) is 0 Å². The topological polar surface area (TPSA) is 0 Å². The minimum Gasteiger partial charge on any atom is -0.0610 e. The monoisotopic (exact) mass is 746 g/mol. The first-order chi connectivity index (χ1) is 29.0. The van der Waals surface area contributed by atoms with Crippen molar-refractivity contribution in [1.82, 2.24) is 0 Å². The fourth-order valence-electron chi connectivity index (χ4n) is 10.8. The van der Waals surface area contributed by atoms with Gasteiger partial charge in [-0.1, -0.05) is 196 Å². The molecule has 274 valence electrons. The van der Waals surface area contributed by atoms with Crippen LogP contribution in [-0.2, 0) is 5.41 Å². The molecule has 0 unspecified atom stereocenters. The van der Waals surface area contributed by atoms with E-state index in [0.717, 1.165) is 0 Å². The summed E-state index contributed by atoms with van der Waals surface area (Å²) >= 11 is 0. The van der Waals surface area contributed by atoms with E-state index in [4.69, 9.17) is 0 Å². The van der Waals surface area contributed by atoms with Crippen LogP contribution < -0.4 is 0 Å². The summed E-state index contributed by atoms with van der Waals surface area (Å²) in [5, 5.41) is 15.9. The molecule has 0 atom stereocenters. The first-order valence-corrected chi connectivity index (χ1v) is 20.8. The lowest BCUT2D eigenvalue weighted by Gasteiger charge is -2.23. The molecular weight excluding hydrogens is 709 g/mol. The molecule has 0 aromatic heterocycles. The second-order valence-corrected chi connectivity index (χ2v) is 17.2. The summed E-state index contributed by atoms with van der Waals surface area (Å²) in [4.78, 5) is 0. The van der Waals surface area contributed by atoms with Crippen LogP contribution in [0.3, 0.4) is 0 Å². The Labute approximate surface area is 343 Å². The molecule has 0 saturated carbocycles. The van der Waals surface area contributed by atoms with E-state index in [0.29, 0.717) is 0 Å². The molecule has 1 aliphatic rings. The summed E-state index contributed by atoms with van der Waals surface area (Å²) in [6, 6.07) is 73.2. The smallest absolute Gasteiger partial charge is 0.0159 e. The van der Waals surface area contributed by atoms with E-state index in [1.807, 2.05) is 0 Å². The molecule has 0 spiro atoms. The summed E-state index contributed by atoms with van der Waals surface area (Å²) in [5.74, 6) is 0. The zero-order valence-electron chi connectivity index (χ0n) is 33.0. The molecule has 59 heavy (non-hydrogen) atoms. The lowest BCUT2D eigenvalue weighted by Crippen LogP contribution is -2.15. The Morgan fingerprint density at radius 1 is 0.254 bits per heavy atom. The van der Waals surface area contributed by atoms with Gasteiger partial charge in [0.2, 0.25) is 0 Å². The van der Waals surface area contributed by atoms with Crippen LogP contribution in [-0.4, -0.2) is 0 Å². The Kier molecular flexibility index (Phi) is 6.60. The Hall–Kier alpha value is -7.28. The Balaban J connectivity index is 0.815. The Morgan fingerprint density at radius 2 is 0.559 bits per heavy atom. The predicted octanol–water partition coefficient (Wildman–Crippen LogP) is 16.5. The Bertz CT molecular complexity index is 3380. The molecule has 0 heterocycles. The SMILES string of the molecule is CC1(C)c2cc(-c3ccc(-c4ccc5ccc6cccc7ccc4c5c67)cc3)ccc2-c2ccc(-c3ccc(-c4ccc5ccc6cccc7ccc4c5c67)cc3)cc21. The fraction of sp³-hybridized carbons (Fsp3) is 0.0508. The van der Waals surface area contributed by atoms with Crippen LogP contribution in [0.5, 0.6) is 0 Å². The van der Waals surface area contributed by atoms with Crippen molar-refractivity contribution in [2.45, 2.75) is 19.3 Å². The average Bonchev–Trinajstić information content (AvgIpc) is 3.52. The molecule has 0 bridgehead atoms. The molecule has 0 aliphatic heterocycles. The van der Waals surface area contributed by atoms with Gasteiger partial charge in [-0.3, -0.25) is 0 Å². The predicted molar refractivity (Wildman–Crippen MR) is 253 cm³/mol. The molecule has 0 amide bonds. The minimum atomic E-state index is -0.125. The largest absolute Gasteiger partial charge is 0.0610 e. The van der Waals surface area contributed by atoms with Gasteiger partial charge in [0.15, 0.2) is 0 Å². The van der Waals surface area contributed by atoms with Gasteiger partial charge < -0.3 is 0 Å². The normalized spacial score (nSPS) is 13.4. The molecule has 0 radical (unpaired) electrons. The third-order valence-electron chi connectivity index (χ3n) is 13.8. The van der Waals surface area contributed by atoms with Crippen LogP contribution in [0.15, 0.2) is 194 Å². The van der Waals surface area contributed by atoms with Crippen LogP contribution in [0.4, 0.5) is 0 Å². The lowest BCUT2D eigenvalue weighted by molar-refractivity contribution is 0.661. The highest BCUT2D eigenvalue weighted by Crippen LogP contribution is 2.51. The maximum Gasteiger partial charge on any atom is 0.0159 e. The lowest BCUT2D eigenvalue weighted by atomic mass is 9.80. The van der Waals surface area contributed by atoms with Crippen LogP contribution in [0, 0.1) is 0 Å². The van der Waals surface area contributed by atoms with E-state index in [1.165, 1.54) is 131 Å². The van der Waals surface area contributed by atoms with Crippen molar-refractivity contribution >= 4 is 64.6 Å². The number of hydrogen-bond acceptors (Lipinski definition) is 0. The van der Waals surface area contributed by atoms with Crippen molar-refractivity contribution in [3.05, 3.63) is 205 Å². The second-order valence-electron chi connectivity index (χ2n) is 17.2. The number of rotatable bonds is 4. The molecule has 1 aliphatic carbocycles. The van der Waals surface area contributed by atoms with E-state index < -0.39 is 0 Å². The molecule has 0 N–H and O–H groups in total. The molecular formula is C59H38. The van der Waals surface area contributed by atoms with Gasteiger partial charge in [0.25, 0.3) is 0 Å². The number of hydrogen-bond donors (Lipinski definition) is 0. The van der Waals surface area contributed by atoms with Crippen LogP contribution >= 0.6 is 0 Å². The van der Waals surface area contributed by atoms with Gasteiger partial charge in [0, 0.05) is 5.41 Å². The maximum absolute atomic E-state index is 2.44.